The van der Waals surface area contributed by atoms with E-state index in [1.165, 1.54) is 10.5 Å². The highest BCUT2D eigenvalue weighted by molar-refractivity contribution is 6.05. The first kappa shape index (κ1) is 26.0. The molecule has 1 aliphatic heterocycles. The molecular formula is C32H38N4O2. The Balaban J connectivity index is 1.32. The van der Waals surface area contributed by atoms with Crippen LogP contribution in [-0.2, 0) is 5.41 Å². The van der Waals surface area contributed by atoms with E-state index in [-0.39, 0.29) is 17.5 Å². The van der Waals surface area contributed by atoms with E-state index in [4.69, 9.17) is 0 Å². The van der Waals surface area contributed by atoms with Crippen molar-refractivity contribution < 1.29 is 9.59 Å². The standard InChI is InChI=1S/C32H38N4O2/c1-32(25-15-9-6-10-16-25)21-19-26(20-22-32)33(2)23-34(3)30(37)36-29(24-13-7-5-8-14-24)27-17-11-12-18-28(27)35(4)31(36)38/h5-18,26,29H,19-23H2,1-4H3. The first-order valence-corrected chi connectivity index (χ1v) is 13.5. The number of anilines is 1. The molecule has 0 saturated heterocycles. The number of rotatable bonds is 5. The maximum atomic E-state index is 13.9. The van der Waals surface area contributed by atoms with E-state index in [1.54, 1.807) is 23.9 Å². The molecule has 6 heteroatoms. The van der Waals surface area contributed by atoms with Crippen LogP contribution in [0.4, 0.5) is 15.3 Å². The molecule has 0 spiro atoms. The van der Waals surface area contributed by atoms with E-state index in [0.717, 1.165) is 42.5 Å². The lowest BCUT2D eigenvalue weighted by Gasteiger charge is -2.44. The lowest BCUT2D eigenvalue weighted by Crippen LogP contribution is -2.56. The Morgan fingerprint density at radius 3 is 2.13 bits per heavy atom. The molecule has 1 fully saturated rings. The Kier molecular flexibility index (Phi) is 7.26. The highest BCUT2D eigenvalue weighted by Gasteiger charge is 2.42. The lowest BCUT2D eigenvalue weighted by atomic mass is 9.69. The molecule has 6 nitrogen and oxygen atoms in total. The number of hydrogen-bond donors (Lipinski definition) is 0. The van der Waals surface area contributed by atoms with E-state index in [0.29, 0.717) is 12.7 Å². The van der Waals surface area contributed by atoms with Crippen LogP contribution in [0.1, 0.15) is 55.3 Å². The molecule has 2 aliphatic rings. The largest absolute Gasteiger partial charge is 0.333 e. The van der Waals surface area contributed by atoms with Gasteiger partial charge in [0.05, 0.1) is 18.4 Å². The zero-order valence-corrected chi connectivity index (χ0v) is 22.9. The fourth-order valence-electron chi connectivity index (χ4n) is 6.20. The topological polar surface area (TPSA) is 47.1 Å². The van der Waals surface area contributed by atoms with E-state index in [1.807, 2.05) is 54.6 Å². The number of amides is 4. The average Bonchev–Trinajstić information content (AvgIpc) is 2.95. The predicted octanol–water partition coefficient (Wildman–Crippen LogP) is 6.49. The molecule has 0 radical (unpaired) electrons. The minimum atomic E-state index is -0.474. The summed E-state index contributed by atoms with van der Waals surface area (Å²) in [6.07, 6.45) is 4.39. The van der Waals surface area contributed by atoms with Crippen LogP contribution in [0.3, 0.4) is 0 Å². The summed E-state index contributed by atoms with van der Waals surface area (Å²) in [4.78, 5) is 34.5. The van der Waals surface area contributed by atoms with Crippen molar-refractivity contribution >= 4 is 17.7 Å². The third-order valence-electron chi connectivity index (χ3n) is 8.58. The van der Waals surface area contributed by atoms with Gasteiger partial charge in [0.25, 0.3) is 0 Å². The fourth-order valence-corrected chi connectivity index (χ4v) is 6.20. The van der Waals surface area contributed by atoms with Crippen LogP contribution >= 0.6 is 0 Å². The van der Waals surface area contributed by atoms with Crippen molar-refractivity contribution in [3.63, 3.8) is 0 Å². The van der Waals surface area contributed by atoms with Gasteiger partial charge in [0.1, 0.15) is 0 Å². The molecule has 1 aliphatic carbocycles. The van der Waals surface area contributed by atoms with Crippen molar-refractivity contribution in [1.82, 2.24) is 14.7 Å². The molecule has 5 rings (SSSR count). The molecule has 4 amide bonds. The second-order valence-electron chi connectivity index (χ2n) is 11.1. The summed E-state index contributed by atoms with van der Waals surface area (Å²) < 4.78 is 0. The van der Waals surface area contributed by atoms with Gasteiger partial charge in [-0.15, -0.1) is 0 Å². The van der Waals surface area contributed by atoms with Crippen molar-refractivity contribution in [2.45, 2.75) is 50.1 Å². The predicted molar refractivity (Wildman–Crippen MR) is 152 cm³/mol. The van der Waals surface area contributed by atoms with Gasteiger partial charge in [-0.2, -0.15) is 0 Å². The summed E-state index contributed by atoms with van der Waals surface area (Å²) in [7, 11) is 5.62. The van der Waals surface area contributed by atoms with Gasteiger partial charge in [-0.3, -0.25) is 9.80 Å². The van der Waals surface area contributed by atoms with Gasteiger partial charge in [0.2, 0.25) is 0 Å². The molecule has 0 N–H and O–H groups in total. The Bertz CT molecular complexity index is 1270. The molecule has 1 heterocycles. The van der Waals surface area contributed by atoms with Gasteiger partial charge in [0, 0.05) is 25.7 Å². The van der Waals surface area contributed by atoms with Crippen LogP contribution in [0.25, 0.3) is 0 Å². The quantitative estimate of drug-likeness (QED) is 0.369. The number of fused-ring (bicyclic) bond motifs is 1. The highest BCUT2D eigenvalue weighted by Crippen LogP contribution is 2.41. The van der Waals surface area contributed by atoms with Crippen LogP contribution in [-0.4, -0.2) is 60.6 Å². The second-order valence-corrected chi connectivity index (χ2v) is 11.1. The SMILES string of the molecule is CN(CN(C)C1CCC(C)(c2ccccc2)CC1)C(=O)N1C(=O)N(C)c2ccccc2C1c1ccccc1. The van der Waals surface area contributed by atoms with Gasteiger partial charge in [-0.1, -0.05) is 85.8 Å². The molecule has 3 aromatic rings. The minimum Gasteiger partial charge on any atom is -0.314 e. The molecule has 198 valence electrons. The van der Waals surface area contributed by atoms with E-state index >= 15 is 0 Å². The van der Waals surface area contributed by atoms with Crippen molar-refractivity contribution in [3.8, 4) is 0 Å². The summed E-state index contributed by atoms with van der Waals surface area (Å²) in [6.45, 7) is 2.83. The van der Waals surface area contributed by atoms with Crippen LogP contribution in [0, 0.1) is 0 Å². The number of carbonyl (C=O) groups is 2. The van der Waals surface area contributed by atoms with Crippen LogP contribution in [0.5, 0.6) is 0 Å². The van der Waals surface area contributed by atoms with E-state index in [2.05, 4.69) is 49.2 Å². The van der Waals surface area contributed by atoms with Crippen LogP contribution in [0.15, 0.2) is 84.9 Å². The van der Waals surface area contributed by atoms with E-state index < -0.39 is 6.04 Å². The number of nitrogens with zero attached hydrogens (tertiary/aromatic N) is 4. The van der Waals surface area contributed by atoms with E-state index in [9.17, 15) is 9.59 Å². The Morgan fingerprint density at radius 2 is 1.47 bits per heavy atom. The van der Waals surface area contributed by atoms with Crippen molar-refractivity contribution in [2.75, 3.05) is 32.7 Å². The second kappa shape index (κ2) is 10.6. The minimum absolute atomic E-state index is 0.196. The third-order valence-corrected chi connectivity index (χ3v) is 8.58. The maximum absolute atomic E-state index is 13.9. The number of carbonyl (C=O) groups excluding carboxylic acids is 2. The lowest BCUT2D eigenvalue weighted by molar-refractivity contribution is 0.0929. The van der Waals surface area contributed by atoms with Gasteiger partial charge in [-0.05, 0) is 55.3 Å². The smallest absolute Gasteiger partial charge is 0.314 e. The fraction of sp³-hybridized carbons (Fsp3) is 0.375. The van der Waals surface area contributed by atoms with Gasteiger partial charge in [-0.25, -0.2) is 14.5 Å². The average molecular weight is 511 g/mol. The summed E-state index contributed by atoms with van der Waals surface area (Å²) in [5, 5.41) is 0. The van der Waals surface area contributed by atoms with Crippen LogP contribution in [0.2, 0.25) is 0 Å². The number of para-hydroxylation sites is 1. The normalized spacial score (nSPS) is 23.3. The Morgan fingerprint density at radius 1 is 0.895 bits per heavy atom. The first-order valence-electron chi connectivity index (χ1n) is 13.5. The van der Waals surface area contributed by atoms with Gasteiger partial charge in [0.15, 0.2) is 0 Å². The van der Waals surface area contributed by atoms with Crippen molar-refractivity contribution in [1.29, 1.82) is 0 Å². The van der Waals surface area contributed by atoms with Gasteiger partial charge < -0.3 is 4.90 Å². The Hall–Kier alpha value is -3.64. The number of hydrogen-bond acceptors (Lipinski definition) is 3. The molecule has 1 unspecified atom stereocenters. The number of imide groups is 1. The van der Waals surface area contributed by atoms with Crippen molar-refractivity contribution in [2.24, 2.45) is 0 Å². The van der Waals surface area contributed by atoms with Crippen molar-refractivity contribution in [3.05, 3.63) is 102 Å². The molecule has 0 aromatic heterocycles. The zero-order chi connectivity index (χ0) is 26.9. The zero-order valence-electron chi connectivity index (χ0n) is 22.9. The summed E-state index contributed by atoms with van der Waals surface area (Å²) in [5.74, 6) is 0. The van der Waals surface area contributed by atoms with Crippen LogP contribution < -0.4 is 4.90 Å². The molecule has 38 heavy (non-hydrogen) atoms. The summed E-state index contributed by atoms with van der Waals surface area (Å²) in [6, 6.07) is 27.8. The maximum Gasteiger partial charge on any atom is 0.333 e. The number of benzene rings is 3. The van der Waals surface area contributed by atoms with Gasteiger partial charge >= 0.3 is 12.1 Å². The first-order chi connectivity index (χ1) is 18.3. The molecule has 1 saturated carbocycles. The summed E-state index contributed by atoms with van der Waals surface area (Å²) in [5.41, 5.74) is 4.31. The molecular weight excluding hydrogens is 472 g/mol. The Labute approximate surface area is 226 Å². The third kappa shape index (κ3) is 4.81. The molecule has 3 aromatic carbocycles. The molecule has 0 bridgehead atoms. The highest BCUT2D eigenvalue weighted by atomic mass is 16.2. The summed E-state index contributed by atoms with van der Waals surface area (Å²) >= 11 is 0. The molecule has 1 atom stereocenters. The monoisotopic (exact) mass is 510 g/mol. The number of urea groups is 2.